The molecule has 0 spiro atoms. The van der Waals surface area contributed by atoms with Crippen molar-refractivity contribution in [2.45, 2.75) is 11.8 Å². The summed E-state index contributed by atoms with van der Waals surface area (Å²) in [5.74, 6) is -0.835. The van der Waals surface area contributed by atoms with Gasteiger partial charge in [0.25, 0.3) is 0 Å². The normalized spacial score (nSPS) is 15.7. The van der Waals surface area contributed by atoms with Crippen LogP contribution in [0.1, 0.15) is 6.92 Å². The number of esters is 1. The van der Waals surface area contributed by atoms with Crippen LogP contribution < -0.4 is 5.32 Å². The van der Waals surface area contributed by atoms with Gasteiger partial charge in [0, 0.05) is 4.90 Å². The van der Waals surface area contributed by atoms with Crippen LogP contribution in [0.15, 0.2) is 40.3 Å². The number of hydrogen-bond acceptors (Lipinski definition) is 6. The molecule has 0 radical (unpaired) electrons. The van der Waals surface area contributed by atoms with Gasteiger partial charge < -0.3 is 10.1 Å². The van der Waals surface area contributed by atoms with Crippen LogP contribution in [0.4, 0.5) is 5.69 Å². The van der Waals surface area contributed by atoms with E-state index in [1.807, 2.05) is 24.5 Å². The average Bonchev–Trinajstić information content (AvgIpc) is 2.88. The average molecular weight is 366 g/mol. The van der Waals surface area contributed by atoms with Gasteiger partial charge in [0.05, 0.1) is 29.2 Å². The number of carbonyl (C=O) groups is 3. The molecule has 1 saturated heterocycles. The van der Waals surface area contributed by atoms with Gasteiger partial charge in [-0.2, -0.15) is 0 Å². The van der Waals surface area contributed by atoms with E-state index >= 15 is 0 Å². The van der Waals surface area contributed by atoms with Gasteiger partial charge in [0.2, 0.25) is 11.8 Å². The standard InChI is InChI=1S/C16H18N2O4S2/c1-3-22-16(21)8-15-18(14(20)10-24-15)9-13(19)17-11-6-4-5-7-12(11)23-2/h4-8H,3,9-10H2,1-2H3,(H,17,19)/b15-8-. The fourth-order valence-electron chi connectivity index (χ4n) is 2.07. The summed E-state index contributed by atoms with van der Waals surface area (Å²) in [6.07, 6.45) is 3.17. The van der Waals surface area contributed by atoms with Crippen LogP contribution in [-0.2, 0) is 19.1 Å². The molecule has 2 amide bonds. The van der Waals surface area contributed by atoms with Crippen molar-refractivity contribution in [3.63, 3.8) is 0 Å². The Hall–Kier alpha value is -1.93. The third-order valence-electron chi connectivity index (χ3n) is 3.12. The first-order chi connectivity index (χ1) is 11.5. The summed E-state index contributed by atoms with van der Waals surface area (Å²) in [5, 5.41) is 3.24. The molecule has 1 aliphatic rings. The van der Waals surface area contributed by atoms with E-state index in [1.165, 1.54) is 34.5 Å². The smallest absolute Gasteiger partial charge is 0.333 e. The highest BCUT2D eigenvalue weighted by atomic mass is 32.2. The Labute approximate surface area is 149 Å². The number of benzene rings is 1. The maximum absolute atomic E-state index is 12.3. The Kier molecular flexibility index (Phi) is 6.74. The first-order valence-electron chi connectivity index (χ1n) is 7.29. The van der Waals surface area contributed by atoms with Crippen LogP contribution in [0.3, 0.4) is 0 Å². The molecule has 0 bridgehead atoms. The van der Waals surface area contributed by atoms with Gasteiger partial charge in [-0.3, -0.25) is 14.5 Å². The second-order valence-corrected chi connectivity index (χ2v) is 6.60. The SMILES string of the molecule is CCOC(=O)/C=C1\SCC(=O)N1CC(=O)Nc1ccccc1SC. The van der Waals surface area contributed by atoms with Gasteiger partial charge in [0.1, 0.15) is 6.54 Å². The zero-order valence-electron chi connectivity index (χ0n) is 13.4. The Bertz CT molecular complexity index is 676. The minimum absolute atomic E-state index is 0.139. The lowest BCUT2D eigenvalue weighted by Crippen LogP contribution is -2.34. The molecule has 2 rings (SSSR count). The molecule has 1 aromatic rings. The van der Waals surface area contributed by atoms with Crippen molar-refractivity contribution in [1.82, 2.24) is 4.90 Å². The molecule has 8 heteroatoms. The molecular weight excluding hydrogens is 348 g/mol. The van der Waals surface area contributed by atoms with Gasteiger partial charge in [-0.1, -0.05) is 23.9 Å². The van der Waals surface area contributed by atoms with E-state index in [2.05, 4.69) is 5.32 Å². The van der Waals surface area contributed by atoms with Crippen molar-refractivity contribution in [2.75, 3.05) is 30.5 Å². The highest BCUT2D eigenvalue weighted by Gasteiger charge is 2.29. The minimum Gasteiger partial charge on any atom is -0.463 e. The number of thioether (sulfide) groups is 2. The number of rotatable bonds is 6. The largest absolute Gasteiger partial charge is 0.463 e. The van der Waals surface area contributed by atoms with Crippen LogP contribution in [0.2, 0.25) is 0 Å². The molecule has 1 heterocycles. The van der Waals surface area contributed by atoms with Crippen LogP contribution in [-0.4, -0.2) is 47.8 Å². The van der Waals surface area contributed by atoms with Crippen molar-refractivity contribution < 1.29 is 19.1 Å². The summed E-state index contributed by atoms with van der Waals surface area (Å²) in [6, 6.07) is 7.43. The zero-order valence-corrected chi connectivity index (χ0v) is 15.0. The fraction of sp³-hybridized carbons (Fsp3) is 0.312. The summed E-state index contributed by atoms with van der Waals surface area (Å²) in [5.41, 5.74) is 0.699. The number of amides is 2. The minimum atomic E-state index is -0.521. The molecule has 24 heavy (non-hydrogen) atoms. The molecular formula is C16H18N2O4S2. The Balaban J connectivity index is 2.06. The van der Waals surface area contributed by atoms with Gasteiger partial charge in [-0.05, 0) is 25.3 Å². The first kappa shape index (κ1) is 18.4. The number of para-hydroxylation sites is 1. The lowest BCUT2D eigenvalue weighted by atomic mass is 10.3. The third-order valence-corrected chi connectivity index (χ3v) is 4.94. The molecule has 0 atom stereocenters. The van der Waals surface area contributed by atoms with E-state index in [0.29, 0.717) is 10.7 Å². The van der Waals surface area contributed by atoms with Gasteiger partial charge in [-0.25, -0.2) is 4.79 Å². The molecule has 1 N–H and O–H groups in total. The molecule has 0 aliphatic carbocycles. The summed E-state index contributed by atoms with van der Waals surface area (Å²) >= 11 is 2.74. The Morgan fingerprint density at radius 1 is 1.42 bits per heavy atom. The van der Waals surface area contributed by atoms with Crippen LogP contribution in [0, 0.1) is 0 Å². The van der Waals surface area contributed by atoms with E-state index in [4.69, 9.17) is 4.74 Å². The van der Waals surface area contributed by atoms with Crippen molar-refractivity contribution in [3.8, 4) is 0 Å². The maximum Gasteiger partial charge on any atom is 0.333 e. The second-order valence-electron chi connectivity index (χ2n) is 4.75. The Morgan fingerprint density at radius 2 is 2.17 bits per heavy atom. The lowest BCUT2D eigenvalue weighted by molar-refractivity contribution is -0.137. The zero-order chi connectivity index (χ0) is 17.5. The predicted octanol–water partition coefficient (Wildman–Crippen LogP) is 2.33. The summed E-state index contributed by atoms with van der Waals surface area (Å²) < 4.78 is 4.85. The second kappa shape index (κ2) is 8.79. The van der Waals surface area contributed by atoms with Crippen molar-refractivity contribution in [1.29, 1.82) is 0 Å². The quantitative estimate of drug-likeness (QED) is 0.473. The van der Waals surface area contributed by atoms with E-state index in [1.54, 1.807) is 13.0 Å². The molecule has 6 nitrogen and oxygen atoms in total. The number of carbonyl (C=O) groups excluding carboxylic acids is 3. The molecule has 0 aromatic heterocycles. The van der Waals surface area contributed by atoms with Gasteiger partial charge >= 0.3 is 5.97 Å². The number of nitrogens with one attached hydrogen (secondary N) is 1. The fourth-order valence-corrected chi connectivity index (χ4v) is 3.55. The monoisotopic (exact) mass is 366 g/mol. The van der Waals surface area contributed by atoms with Crippen molar-refractivity contribution in [2.24, 2.45) is 0 Å². The number of anilines is 1. The molecule has 1 fully saturated rings. The number of ether oxygens (including phenoxy) is 1. The first-order valence-corrected chi connectivity index (χ1v) is 9.50. The van der Waals surface area contributed by atoms with E-state index < -0.39 is 5.97 Å². The van der Waals surface area contributed by atoms with E-state index in [0.717, 1.165) is 4.90 Å². The summed E-state index contributed by atoms with van der Waals surface area (Å²) in [6.45, 7) is 1.82. The maximum atomic E-state index is 12.3. The predicted molar refractivity (Wildman–Crippen MR) is 95.7 cm³/mol. The third kappa shape index (κ3) is 4.78. The van der Waals surface area contributed by atoms with Crippen LogP contribution in [0.5, 0.6) is 0 Å². The van der Waals surface area contributed by atoms with E-state index in [-0.39, 0.29) is 30.7 Å². The number of hydrogen-bond donors (Lipinski definition) is 1. The highest BCUT2D eigenvalue weighted by molar-refractivity contribution is 8.04. The molecule has 1 aromatic carbocycles. The van der Waals surface area contributed by atoms with Crippen molar-refractivity contribution in [3.05, 3.63) is 35.4 Å². The molecule has 128 valence electrons. The van der Waals surface area contributed by atoms with Gasteiger partial charge in [0.15, 0.2) is 0 Å². The topological polar surface area (TPSA) is 75.7 Å². The summed E-state index contributed by atoms with van der Waals surface area (Å²) in [4.78, 5) is 38.0. The van der Waals surface area contributed by atoms with Crippen LogP contribution >= 0.6 is 23.5 Å². The van der Waals surface area contributed by atoms with Gasteiger partial charge in [-0.15, -0.1) is 11.8 Å². The van der Waals surface area contributed by atoms with E-state index in [9.17, 15) is 14.4 Å². The molecule has 1 aliphatic heterocycles. The summed E-state index contributed by atoms with van der Waals surface area (Å²) in [7, 11) is 0. The molecule has 0 saturated carbocycles. The highest BCUT2D eigenvalue weighted by Crippen LogP contribution is 2.29. The molecule has 0 unspecified atom stereocenters. The van der Waals surface area contributed by atoms with Crippen LogP contribution in [0.25, 0.3) is 0 Å². The van der Waals surface area contributed by atoms with Crippen molar-refractivity contribution >= 4 is 47.0 Å². The Morgan fingerprint density at radius 3 is 2.88 bits per heavy atom. The number of nitrogens with zero attached hydrogens (tertiary/aromatic N) is 1. The lowest BCUT2D eigenvalue weighted by Gasteiger charge is -2.17.